The zero-order valence-corrected chi connectivity index (χ0v) is 11.6. The number of nitrogens with one attached hydrogen (secondary N) is 1. The minimum Gasteiger partial charge on any atom is -0.490 e. The second-order valence-corrected chi connectivity index (χ2v) is 4.25. The Hall–Kier alpha value is -2.24. The quantitative estimate of drug-likeness (QED) is 0.893. The first-order valence-electron chi connectivity index (χ1n) is 6.66. The third-order valence-corrected chi connectivity index (χ3v) is 2.89. The number of benzene rings is 1. The van der Waals surface area contributed by atoms with Crippen molar-refractivity contribution in [1.82, 2.24) is 5.32 Å². The second kappa shape index (κ2) is 6.27. The molecule has 0 saturated carbocycles. The molecule has 1 fully saturated rings. The molecule has 108 valence electrons. The van der Waals surface area contributed by atoms with Gasteiger partial charge in [0.2, 0.25) is 5.91 Å². The summed E-state index contributed by atoms with van der Waals surface area (Å²) in [5.74, 6) is 0.991. The van der Waals surface area contributed by atoms with Crippen LogP contribution in [0.4, 0.5) is 10.5 Å². The Morgan fingerprint density at radius 3 is 2.50 bits per heavy atom. The Balaban J connectivity index is 2.25. The van der Waals surface area contributed by atoms with Crippen LogP contribution in [-0.2, 0) is 4.79 Å². The van der Waals surface area contributed by atoms with E-state index in [1.54, 1.807) is 18.2 Å². The maximum Gasteiger partial charge on any atom is 0.328 e. The van der Waals surface area contributed by atoms with E-state index in [4.69, 9.17) is 9.47 Å². The maximum absolute atomic E-state index is 11.8. The number of imide groups is 1. The molecule has 6 nitrogen and oxygen atoms in total. The molecule has 1 aliphatic heterocycles. The van der Waals surface area contributed by atoms with Crippen LogP contribution in [-0.4, -0.2) is 31.7 Å². The second-order valence-electron chi connectivity index (χ2n) is 4.25. The number of amides is 3. The molecule has 6 heteroatoms. The van der Waals surface area contributed by atoms with Gasteiger partial charge in [0.05, 0.1) is 13.2 Å². The van der Waals surface area contributed by atoms with Crippen molar-refractivity contribution in [3.8, 4) is 11.5 Å². The van der Waals surface area contributed by atoms with Crippen molar-refractivity contribution in [2.75, 3.05) is 24.7 Å². The van der Waals surface area contributed by atoms with Gasteiger partial charge in [-0.1, -0.05) is 0 Å². The van der Waals surface area contributed by atoms with Gasteiger partial charge in [0.15, 0.2) is 11.5 Å². The predicted molar refractivity (Wildman–Crippen MR) is 74.3 cm³/mol. The number of urea groups is 1. The highest BCUT2D eigenvalue weighted by Gasteiger charge is 2.24. The third-order valence-electron chi connectivity index (χ3n) is 2.89. The summed E-state index contributed by atoms with van der Waals surface area (Å²) in [5.41, 5.74) is 0.682. The van der Waals surface area contributed by atoms with Gasteiger partial charge in [-0.25, -0.2) is 4.79 Å². The van der Waals surface area contributed by atoms with E-state index in [1.165, 1.54) is 4.90 Å². The molecule has 0 bridgehead atoms. The van der Waals surface area contributed by atoms with Crippen LogP contribution in [0.15, 0.2) is 18.2 Å². The first-order valence-corrected chi connectivity index (χ1v) is 6.66. The van der Waals surface area contributed by atoms with Crippen LogP contribution in [0, 0.1) is 0 Å². The molecule has 0 aromatic heterocycles. The summed E-state index contributed by atoms with van der Waals surface area (Å²) in [7, 11) is 0. The average Bonchev–Trinajstić information content (AvgIpc) is 2.41. The lowest BCUT2D eigenvalue weighted by Crippen LogP contribution is -2.49. The minimum absolute atomic E-state index is 0.248. The third kappa shape index (κ3) is 3.01. The van der Waals surface area contributed by atoms with E-state index in [9.17, 15) is 9.59 Å². The monoisotopic (exact) mass is 278 g/mol. The largest absolute Gasteiger partial charge is 0.490 e. The van der Waals surface area contributed by atoms with Crippen molar-refractivity contribution in [3.63, 3.8) is 0 Å². The summed E-state index contributed by atoms with van der Waals surface area (Å²) in [6.07, 6.45) is 0.295. The molecule has 0 radical (unpaired) electrons. The first kappa shape index (κ1) is 14.2. The lowest BCUT2D eigenvalue weighted by Gasteiger charge is -2.27. The van der Waals surface area contributed by atoms with Crippen LogP contribution in [0.3, 0.4) is 0 Å². The molecule has 1 aromatic rings. The maximum atomic E-state index is 11.8. The molecule has 20 heavy (non-hydrogen) atoms. The predicted octanol–water partition coefficient (Wildman–Crippen LogP) is 1.93. The fraction of sp³-hybridized carbons (Fsp3) is 0.429. The fourth-order valence-corrected chi connectivity index (χ4v) is 2.02. The molecule has 0 aliphatic carbocycles. The molecule has 1 aromatic carbocycles. The Kier molecular flexibility index (Phi) is 4.45. The van der Waals surface area contributed by atoms with Gasteiger partial charge in [-0.2, -0.15) is 0 Å². The van der Waals surface area contributed by atoms with Crippen molar-refractivity contribution in [3.05, 3.63) is 18.2 Å². The summed E-state index contributed by atoms with van der Waals surface area (Å²) >= 11 is 0. The Morgan fingerprint density at radius 1 is 1.15 bits per heavy atom. The van der Waals surface area contributed by atoms with Gasteiger partial charge in [-0.05, 0) is 26.0 Å². The average molecular weight is 278 g/mol. The van der Waals surface area contributed by atoms with Crippen molar-refractivity contribution in [1.29, 1.82) is 0 Å². The van der Waals surface area contributed by atoms with Gasteiger partial charge >= 0.3 is 6.03 Å². The van der Waals surface area contributed by atoms with E-state index in [1.807, 2.05) is 13.8 Å². The zero-order valence-electron chi connectivity index (χ0n) is 11.6. The summed E-state index contributed by atoms with van der Waals surface area (Å²) in [4.78, 5) is 24.5. The highest BCUT2D eigenvalue weighted by atomic mass is 16.5. The Labute approximate surface area is 117 Å². The molecular weight excluding hydrogens is 260 g/mol. The molecule has 1 aliphatic rings. The van der Waals surface area contributed by atoms with E-state index >= 15 is 0 Å². The van der Waals surface area contributed by atoms with Gasteiger partial charge < -0.3 is 9.47 Å². The number of rotatable bonds is 5. The Bertz CT molecular complexity index is 516. The van der Waals surface area contributed by atoms with E-state index in [0.29, 0.717) is 43.4 Å². The summed E-state index contributed by atoms with van der Waals surface area (Å²) in [6, 6.07) is 4.90. The summed E-state index contributed by atoms with van der Waals surface area (Å²) in [5, 5.41) is 2.30. The lowest BCUT2D eigenvalue weighted by atomic mass is 10.2. The number of carbonyl (C=O) groups is 2. The highest BCUT2D eigenvalue weighted by molar-refractivity contribution is 6.05. The summed E-state index contributed by atoms with van der Waals surface area (Å²) in [6.45, 7) is 5.19. The van der Waals surface area contributed by atoms with Crippen LogP contribution in [0.2, 0.25) is 0 Å². The Morgan fingerprint density at radius 2 is 1.85 bits per heavy atom. The molecule has 0 spiro atoms. The normalized spacial score (nSPS) is 15.0. The van der Waals surface area contributed by atoms with Crippen molar-refractivity contribution < 1.29 is 19.1 Å². The van der Waals surface area contributed by atoms with Crippen LogP contribution in [0.1, 0.15) is 20.3 Å². The number of ether oxygens (including phenoxy) is 2. The molecule has 3 amide bonds. The first-order chi connectivity index (χ1) is 9.65. The van der Waals surface area contributed by atoms with Crippen molar-refractivity contribution in [2.24, 2.45) is 0 Å². The van der Waals surface area contributed by atoms with E-state index in [2.05, 4.69) is 5.32 Å². The SMILES string of the molecule is CCOc1ccc(N2CCC(=O)NC2=O)cc1OCC. The van der Waals surface area contributed by atoms with Crippen LogP contribution in [0.25, 0.3) is 0 Å². The summed E-state index contributed by atoms with van der Waals surface area (Å²) < 4.78 is 11.0. The number of hydrogen-bond acceptors (Lipinski definition) is 4. The molecule has 0 atom stereocenters. The molecule has 0 unspecified atom stereocenters. The molecule has 2 rings (SSSR count). The standard InChI is InChI=1S/C14H18N2O4/c1-3-19-11-6-5-10(9-12(11)20-4-2)16-8-7-13(17)15-14(16)18/h5-6,9H,3-4,7-8H2,1-2H3,(H,15,17,18). The van der Waals surface area contributed by atoms with Gasteiger partial charge in [-0.15, -0.1) is 0 Å². The van der Waals surface area contributed by atoms with E-state index in [-0.39, 0.29) is 5.91 Å². The minimum atomic E-state index is -0.409. The van der Waals surface area contributed by atoms with Crippen molar-refractivity contribution in [2.45, 2.75) is 20.3 Å². The van der Waals surface area contributed by atoms with Crippen LogP contribution < -0.4 is 19.7 Å². The number of hydrogen-bond donors (Lipinski definition) is 1. The molecule has 1 saturated heterocycles. The van der Waals surface area contributed by atoms with Gasteiger partial charge in [-0.3, -0.25) is 15.0 Å². The van der Waals surface area contributed by atoms with E-state index in [0.717, 1.165) is 0 Å². The number of anilines is 1. The molecular formula is C14H18N2O4. The topological polar surface area (TPSA) is 67.9 Å². The fourth-order valence-electron chi connectivity index (χ4n) is 2.02. The smallest absolute Gasteiger partial charge is 0.328 e. The molecule has 1 N–H and O–H groups in total. The highest BCUT2D eigenvalue weighted by Crippen LogP contribution is 2.32. The van der Waals surface area contributed by atoms with Crippen molar-refractivity contribution >= 4 is 17.6 Å². The number of carbonyl (C=O) groups excluding carboxylic acids is 2. The van der Waals surface area contributed by atoms with E-state index < -0.39 is 6.03 Å². The van der Waals surface area contributed by atoms with Gasteiger partial charge in [0.25, 0.3) is 0 Å². The number of nitrogens with zero attached hydrogens (tertiary/aromatic N) is 1. The zero-order chi connectivity index (χ0) is 14.5. The lowest BCUT2D eigenvalue weighted by molar-refractivity contribution is -0.120. The molecule has 1 heterocycles. The van der Waals surface area contributed by atoms with Crippen LogP contribution >= 0.6 is 0 Å². The van der Waals surface area contributed by atoms with Gasteiger partial charge in [0, 0.05) is 24.7 Å². The van der Waals surface area contributed by atoms with Crippen LogP contribution in [0.5, 0.6) is 11.5 Å². The van der Waals surface area contributed by atoms with Gasteiger partial charge in [0.1, 0.15) is 0 Å².